The molecule has 0 spiro atoms. The predicted octanol–water partition coefficient (Wildman–Crippen LogP) is 8.37. The Labute approximate surface area is 250 Å². The van der Waals surface area contributed by atoms with E-state index in [-0.39, 0.29) is 5.91 Å². The number of aryl methyl sites for hydroxylation is 1. The Hall–Kier alpha value is -5.68. The van der Waals surface area contributed by atoms with Gasteiger partial charge < -0.3 is 9.13 Å². The first kappa shape index (κ1) is 26.2. The molecule has 0 fully saturated rings. The summed E-state index contributed by atoms with van der Waals surface area (Å²) in [6.07, 6.45) is 3.81. The molecular formula is C38H30N4O. The molecule has 2 aromatic heterocycles. The molecule has 0 aliphatic heterocycles. The highest BCUT2D eigenvalue weighted by molar-refractivity contribution is 6.00. The SMILES string of the molecule is Cc1ccc(-c2ccccc2)n1-c1ccc(C(=O)NN=Cc2cn(Cc3ccc4ccccc4c3)c3ccccc23)cc1. The average molecular weight is 559 g/mol. The third-order valence-corrected chi connectivity index (χ3v) is 7.89. The predicted molar refractivity (Wildman–Crippen MR) is 176 cm³/mol. The van der Waals surface area contributed by atoms with Gasteiger partial charge >= 0.3 is 0 Å². The van der Waals surface area contributed by atoms with Crippen LogP contribution in [0.2, 0.25) is 0 Å². The molecule has 43 heavy (non-hydrogen) atoms. The molecule has 1 N–H and O–H groups in total. The maximum absolute atomic E-state index is 13.0. The number of hydrogen-bond acceptors (Lipinski definition) is 2. The van der Waals surface area contributed by atoms with E-state index in [0.29, 0.717) is 5.56 Å². The molecule has 0 unspecified atom stereocenters. The Morgan fingerprint density at radius 2 is 1.51 bits per heavy atom. The van der Waals surface area contributed by atoms with Crippen LogP contribution in [-0.2, 0) is 6.54 Å². The Morgan fingerprint density at radius 3 is 2.35 bits per heavy atom. The van der Waals surface area contributed by atoms with E-state index in [1.165, 1.54) is 16.3 Å². The van der Waals surface area contributed by atoms with Crippen molar-refractivity contribution in [3.05, 3.63) is 162 Å². The number of amides is 1. The van der Waals surface area contributed by atoms with Gasteiger partial charge in [-0.25, -0.2) is 5.43 Å². The van der Waals surface area contributed by atoms with Gasteiger partial charge in [-0.15, -0.1) is 0 Å². The van der Waals surface area contributed by atoms with Crippen LogP contribution < -0.4 is 5.43 Å². The summed E-state index contributed by atoms with van der Waals surface area (Å²) >= 11 is 0. The van der Waals surface area contributed by atoms with Gasteiger partial charge in [-0.2, -0.15) is 5.10 Å². The largest absolute Gasteiger partial charge is 0.342 e. The Kier molecular flexibility index (Phi) is 6.89. The molecule has 7 aromatic rings. The monoisotopic (exact) mass is 558 g/mol. The summed E-state index contributed by atoms with van der Waals surface area (Å²) in [7, 11) is 0. The molecule has 0 radical (unpaired) electrons. The molecule has 7 rings (SSSR count). The van der Waals surface area contributed by atoms with Crippen LogP contribution in [0.25, 0.3) is 38.6 Å². The number of rotatable bonds is 7. The maximum Gasteiger partial charge on any atom is 0.271 e. The third kappa shape index (κ3) is 5.24. The zero-order valence-corrected chi connectivity index (χ0v) is 23.8. The lowest BCUT2D eigenvalue weighted by atomic mass is 10.1. The molecule has 2 heterocycles. The van der Waals surface area contributed by atoms with Gasteiger partial charge in [0.1, 0.15) is 0 Å². The number of carbonyl (C=O) groups is 1. The minimum atomic E-state index is -0.254. The summed E-state index contributed by atoms with van der Waals surface area (Å²) in [5, 5.41) is 7.88. The van der Waals surface area contributed by atoms with Crippen molar-refractivity contribution in [1.29, 1.82) is 0 Å². The highest BCUT2D eigenvalue weighted by Gasteiger charge is 2.12. The van der Waals surface area contributed by atoms with Crippen molar-refractivity contribution in [2.75, 3.05) is 0 Å². The number of nitrogens with zero attached hydrogens (tertiary/aromatic N) is 3. The number of hydrazone groups is 1. The van der Waals surface area contributed by atoms with E-state index < -0.39 is 0 Å². The molecular weight excluding hydrogens is 528 g/mol. The van der Waals surface area contributed by atoms with Crippen LogP contribution in [0.1, 0.15) is 27.2 Å². The van der Waals surface area contributed by atoms with Crippen molar-refractivity contribution in [3.8, 4) is 16.9 Å². The van der Waals surface area contributed by atoms with E-state index >= 15 is 0 Å². The Balaban J connectivity index is 1.08. The summed E-state index contributed by atoms with van der Waals surface area (Å²) in [6, 6.07) is 45.4. The van der Waals surface area contributed by atoms with Crippen molar-refractivity contribution < 1.29 is 4.79 Å². The lowest BCUT2D eigenvalue weighted by Crippen LogP contribution is -2.17. The van der Waals surface area contributed by atoms with E-state index in [4.69, 9.17) is 0 Å². The van der Waals surface area contributed by atoms with Crippen LogP contribution in [0.15, 0.2) is 145 Å². The molecule has 5 nitrogen and oxygen atoms in total. The fraction of sp³-hybridized carbons (Fsp3) is 0.0526. The van der Waals surface area contributed by atoms with Crippen molar-refractivity contribution in [2.24, 2.45) is 5.10 Å². The van der Waals surface area contributed by atoms with Crippen molar-refractivity contribution in [1.82, 2.24) is 14.6 Å². The molecule has 0 saturated carbocycles. The molecule has 0 aliphatic rings. The zero-order valence-electron chi connectivity index (χ0n) is 23.8. The van der Waals surface area contributed by atoms with Gasteiger partial charge in [0.2, 0.25) is 0 Å². The first-order chi connectivity index (χ1) is 21.1. The second-order valence-electron chi connectivity index (χ2n) is 10.7. The summed E-state index contributed by atoms with van der Waals surface area (Å²) in [5.41, 5.74) is 10.9. The number of fused-ring (bicyclic) bond motifs is 2. The van der Waals surface area contributed by atoms with E-state index in [9.17, 15) is 4.79 Å². The van der Waals surface area contributed by atoms with Crippen LogP contribution in [0.5, 0.6) is 0 Å². The normalized spacial score (nSPS) is 11.5. The number of carbonyl (C=O) groups excluding carboxylic acids is 1. The number of hydrogen-bond donors (Lipinski definition) is 1. The average Bonchev–Trinajstić information content (AvgIpc) is 3.61. The second-order valence-corrected chi connectivity index (χ2v) is 10.7. The summed E-state index contributed by atoms with van der Waals surface area (Å²) in [6.45, 7) is 2.82. The smallest absolute Gasteiger partial charge is 0.271 e. The third-order valence-electron chi connectivity index (χ3n) is 7.89. The molecule has 5 aromatic carbocycles. The number of benzene rings is 5. The van der Waals surface area contributed by atoms with Crippen LogP contribution in [0.4, 0.5) is 0 Å². The Bertz CT molecular complexity index is 2100. The fourth-order valence-electron chi connectivity index (χ4n) is 5.75. The van der Waals surface area contributed by atoms with Gasteiger partial charge in [-0.3, -0.25) is 4.79 Å². The van der Waals surface area contributed by atoms with E-state index in [0.717, 1.165) is 45.6 Å². The summed E-state index contributed by atoms with van der Waals surface area (Å²) < 4.78 is 4.43. The molecule has 0 saturated heterocycles. The van der Waals surface area contributed by atoms with Crippen LogP contribution >= 0.6 is 0 Å². The molecule has 0 aliphatic carbocycles. The van der Waals surface area contributed by atoms with Crippen LogP contribution in [0.3, 0.4) is 0 Å². The van der Waals surface area contributed by atoms with Gasteiger partial charge in [0.25, 0.3) is 5.91 Å². The fourth-order valence-corrected chi connectivity index (χ4v) is 5.75. The van der Waals surface area contributed by atoms with E-state index in [2.05, 4.69) is 112 Å². The quantitative estimate of drug-likeness (QED) is 0.155. The minimum absolute atomic E-state index is 0.254. The standard InChI is InChI=1S/C38H30N4O/c1-27-15-22-36(30-10-3-2-4-11-30)42(27)34-20-18-31(19-21-34)38(43)40-39-24-33-26-41(37-14-8-7-13-35(33)37)25-28-16-17-29-9-5-6-12-32(29)23-28/h2-24,26H,25H2,1H3,(H,40,43). The maximum atomic E-state index is 13.0. The highest BCUT2D eigenvalue weighted by atomic mass is 16.2. The molecule has 5 heteroatoms. The first-order valence-electron chi connectivity index (χ1n) is 14.4. The molecule has 0 bridgehead atoms. The minimum Gasteiger partial charge on any atom is -0.342 e. The van der Waals surface area contributed by atoms with E-state index in [1.54, 1.807) is 6.21 Å². The van der Waals surface area contributed by atoms with Gasteiger partial charge in [0, 0.05) is 46.2 Å². The second kappa shape index (κ2) is 11.3. The van der Waals surface area contributed by atoms with Crippen molar-refractivity contribution in [2.45, 2.75) is 13.5 Å². The lowest BCUT2D eigenvalue weighted by molar-refractivity contribution is 0.0955. The van der Waals surface area contributed by atoms with Crippen molar-refractivity contribution in [3.63, 3.8) is 0 Å². The highest BCUT2D eigenvalue weighted by Crippen LogP contribution is 2.27. The zero-order chi connectivity index (χ0) is 29.2. The molecule has 1 amide bonds. The van der Waals surface area contributed by atoms with Crippen LogP contribution in [-0.4, -0.2) is 21.3 Å². The molecule has 0 atom stereocenters. The van der Waals surface area contributed by atoms with Gasteiger partial charge in [-0.05, 0) is 77.4 Å². The van der Waals surface area contributed by atoms with Gasteiger partial charge in [0.05, 0.1) is 11.9 Å². The van der Waals surface area contributed by atoms with E-state index in [1.807, 2.05) is 54.6 Å². The van der Waals surface area contributed by atoms with Crippen molar-refractivity contribution >= 4 is 33.8 Å². The topological polar surface area (TPSA) is 51.3 Å². The van der Waals surface area contributed by atoms with Gasteiger partial charge in [-0.1, -0.05) is 84.9 Å². The first-order valence-corrected chi connectivity index (χ1v) is 14.4. The van der Waals surface area contributed by atoms with Crippen LogP contribution in [0, 0.1) is 6.92 Å². The molecule has 208 valence electrons. The number of nitrogens with one attached hydrogen (secondary N) is 1. The number of aromatic nitrogens is 2. The number of para-hydroxylation sites is 1. The lowest BCUT2D eigenvalue weighted by Gasteiger charge is -2.12. The summed E-state index contributed by atoms with van der Waals surface area (Å²) in [5.74, 6) is -0.254. The Morgan fingerprint density at radius 1 is 0.767 bits per heavy atom. The van der Waals surface area contributed by atoms with Gasteiger partial charge in [0.15, 0.2) is 0 Å². The summed E-state index contributed by atoms with van der Waals surface area (Å²) in [4.78, 5) is 13.0.